The number of hydrogen-bond donors (Lipinski definition) is 0. The van der Waals surface area contributed by atoms with Crippen molar-refractivity contribution in [2.45, 2.75) is 24.7 Å². The van der Waals surface area contributed by atoms with Crippen LogP contribution in [-0.4, -0.2) is 48.9 Å². The van der Waals surface area contributed by atoms with Crippen LogP contribution in [0.2, 0.25) is 0 Å². The Morgan fingerprint density at radius 3 is 2.27 bits per heavy atom. The van der Waals surface area contributed by atoms with Gasteiger partial charge in [-0.3, -0.25) is 0 Å². The number of benzene rings is 2. The summed E-state index contributed by atoms with van der Waals surface area (Å²) < 4.78 is 28.0. The zero-order valence-electron chi connectivity index (χ0n) is 18.7. The van der Waals surface area contributed by atoms with Crippen molar-refractivity contribution in [2.75, 3.05) is 31.1 Å². The Labute approximate surface area is 198 Å². The van der Waals surface area contributed by atoms with Crippen LogP contribution in [0.25, 0.3) is 21.3 Å². The van der Waals surface area contributed by atoms with Gasteiger partial charge in [0.25, 0.3) is 0 Å². The molecule has 0 spiro atoms. The minimum absolute atomic E-state index is 0.356. The van der Waals surface area contributed by atoms with Crippen LogP contribution in [-0.2, 0) is 10.0 Å². The number of nitrogens with zero attached hydrogens (tertiary/aromatic N) is 4. The fourth-order valence-corrected chi connectivity index (χ4v) is 6.58. The summed E-state index contributed by atoms with van der Waals surface area (Å²) in [5.74, 6) is 1.24. The third-order valence-electron chi connectivity index (χ3n) is 6.16. The predicted molar refractivity (Wildman–Crippen MR) is 134 cm³/mol. The second-order valence-corrected chi connectivity index (χ2v) is 11.3. The summed E-state index contributed by atoms with van der Waals surface area (Å²) in [6.07, 6.45) is 1.60. The van der Waals surface area contributed by atoms with Gasteiger partial charge in [0.2, 0.25) is 10.0 Å². The first-order chi connectivity index (χ1) is 15.9. The molecule has 2 aromatic heterocycles. The molecule has 8 heteroatoms. The first-order valence-corrected chi connectivity index (χ1v) is 13.4. The molecule has 1 saturated heterocycles. The first-order valence-electron chi connectivity index (χ1n) is 11.1. The van der Waals surface area contributed by atoms with Crippen molar-refractivity contribution in [3.8, 4) is 11.1 Å². The van der Waals surface area contributed by atoms with Crippen molar-refractivity contribution in [3.05, 3.63) is 71.9 Å². The molecule has 0 aliphatic carbocycles. The molecular formula is C25H26N4O2S2. The molecule has 0 unspecified atom stereocenters. The first kappa shape index (κ1) is 22.0. The molecule has 1 aliphatic rings. The molecule has 0 N–H and O–H groups in total. The van der Waals surface area contributed by atoms with Crippen molar-refractivity contribution < 1.29 is 8.42 Å². The average Bonchev–Trinajstić information content (AvgIpc) is 3.29. The number of aromatic nitrogens is 2. The largest absolute Gasteiger partial charge is 0.353 e. The number of thiophene rings is 1. The number of piperazine rings is 1. The van der Waals surface area contributed by atoms with E-state index in [1.54, 1.807) is 34.1 Å². The minimum Gasteiger partial charge on any atom is -0.353 e. The Kier molecular flexibility index (Phi) is 5.90. The van der Waals surface area contributed by atoms with Crippen molar-refractivity contribution in [1.29, 1.82) is 0 Å². The number of hydrogen-bond acceptors (Lipinski definition) is 6. The molecule has 1 fully saturated rings. The smallest absolute Gasteiger partial charge is 0.243 e. The van der Waals surface area contributed by atoms with Gasteiger partial charge >= 0.3 is 0 Å². The highest BCUT2D eigenvalue weighted by atomic mass is 32.2. The summed E-state index contributed by atoms with van der Waals surface area (Å²) in [5.41, 5.74) is 3.38. The number of rotatable bonds is 5. The Hall–Kier alpha value is -2.81. The van der Waals surface area contributed by atoms with Gasteiger partial charge in [-0.1, -0.05) is 56.3 Å². The van der Waals surface area contributed by atoms with Crippen molar-refractivity contribution in [2.24, 2.45) is 0 Å². The van der Waals surface area contributed by atoms with E-state index in [1.165, 1.54) is 0 Å². The third-order valence-corrected chi connectivity index (χ3v) is 8.96. The standard InChI is InChI=1S/C25H26N4O2S2/c1-18(2)19-8-10-21(11-9-19)33(30,31)29-14-12-28(13-15-29)24-23-22(20-6-4-3-5-7-20)16-32-25(23)27-17-26-24/h3-11,16-18H,12-15H2,1-2H3. The van der Waals surface area contributed by atoms with Gasteiger partial charge < -0.3 is 4.90 Å². The van der Waals surface area contributed by atoms with Gasteiger partial charge in [0, 0.05) is 37.1 Å². The SMILES string of the molecule is CC(C)c1ccc(S(=O)(=O)N2CCN(c3ncnc4scc(-c5ccccc5)c34)CC2)cc1. The van der Waals surface area contributed by atoms with E-state index in [1.807, 2.05) is 30.3 Å². The van der Waals surface area contributed by atoms with Gasteiger partial charge in [-0.2, -0.15) is 4.31 Å². The molecule has 0 saturated carbocycles. The molecule has 2 aromatic carbocycles. The molecule has 1 aliphatic heterocycles. The average molecular weight is 479 g/mol. The van der Waals surface area contributed by atoms with E-state index in [0.29, 0.717) is 37.0 Å². The van der Waals surface area contributed by atoms with E-state index in [4.69, 9.17) is 0 Å². The van der Waals surface area contributed by atoms with Gasteiger partial charge in [-0.25, -0.2) is 18.4 Å². The highest BCUT2D eigenvalue weighted by Crippen LogP contribution is 2.38. The second kappa shape index (κ2) is 8.85. The Bertz CT molecular complexity index is 1360. The maximum atomic E-state index is 13.2. The summed E-state index contributed by atoms with van der Waals surface area (Å²) in [5, 5.41) is 3.16. The van der Waals surface area contributed by atoms with E-state index in [-0.39, 0.29) is 0 Å². The molecule has 0 bridgehead atoms. The van der Waals surface area contributed by atoms with Gasteiger partial charge in [0.15, 0.2) is 0 Å². The molecule has 0 radical (unpaired) electrons. The van der Waals surface area contributed by atoms with Crippen LogP contribution >= 0.6 is 11.3 Å². The van der Waals surface area contributed by atoms with Gasteiger partial charge in [-0.05, 0) is 29.2 Å². The van der Waals surface area contributed by atoms with E-state index < -0.39 is 10.0 Å². The molecule has 6 nitrogen and oxygen atoms in total. The second-order valence-electron chi connectivity index (χ2n) is 8.51. The zero-order valence-corrected chi connectivity index (χ0v) is 20.3. The fraction of sp³-hybridized carbons (Fsp3) is 0.280. The Morgan fingerprint density at radius 1 is 0.909 bits per heavy atom. The third kappa shape index (κ3) is 4.14. The Morgan fingerprint density at radius 2 is 1.61 bits per heavy atom. The van der Waals surface area contributed by atoms with Crippen molar-refractivity contribution in [3.63, 3.8) is 0 Å². The lowest BCUT2D eigenvalue weighted by Gasteiger charge is -2.35. The molecule has 4 aromatic rings. The van der Waals surface area contributed by atoms with E-state index >= 15 is 0 Å². The number of anilines is 1. The highest BCUT2D eigenvalue weighted by molar-refractivity contribution is 7.89. The summed E-state index contributed by atoms with van der Waals surface area (Å²) >= 11 is 1.61. The highest BCUT2D eigenvalue weighted by Gasteiger charge is 2.30. The van der Waals surface area contributed by atoms with Crippen molar-refractivity contribution >= 4 is 37.4 Å². The zero-order chi connectivity index (χ0) is 23.0. The lowest BCUT2D eigenvalue weighted by Crippen LogP contribution is -2.49. The monoisotopic (exact) mass is 478 g/mol. The normalized spacial score (nSPS) is 15.4. The quantitative estimate of drug-likeness (QED) is 0.404. The van der Waals surface area contributed by atoms with Crippen molar-refractivity contribution in [1.82, 2.24) is 14.3 Å². The van der Waals surface area contributed by atoms with Crippen LogP contribution < -0.4 is 4.90 Å². The molecule has 0 amide bonds. The maximum absolute atomic E-state index is 13.2. The molecule has 170 valence electrons. The Balaban J connectivity index is 1.39. The summed E-state index contributed by atoms with van der Waals surface area (Å²) in [7, 11) is -3.52. The van der Waals surface area contributed by atoms with Crippen LogP contribution in [0.5, 0.6) is 0 Å². The maximum Gasteiger partial charge on any atom is 0.243 e. The van der Waals surface area contributed by atoms with E-state index in [2.05, 4.69) is 46.2 Å². The van der Waals surface area contributed by atoms with Crippen LogP contribution in [0.15, 0.2) is 71.2 Å². The summed E-state index contributed by atoms with van der Waals surface area (Å²) in [6.45, 7) is 6.21. The molecular weight excluding hydrogens is 452 g/mol. The van der Waals surface area contributed by atoms with Gasteiger partial charge in [0.1, 0.15) is 17.0 Å². The van der Waals surface area contributed by atoms with Crippen LogP contribution in [0.1, 0.15) is 25.3 Å². The molecule has 33 heavy (non-hydrogen) atoms. The van der Waals surface area contributed by atoms with Crippen LogP contribution in [0, 0.1) is 0 Å². The van der Waals surface area contributed by atoms with Gasteiger partial charge in [-0.15, -0.1) is 11.3 Å². The van der Waals surface area contributed by atoms with Crippen LogP contribution in [0.3, 0.4) is 0 Å². The molecule has 3 heterocycles. The minimum atomic E-state index is -3.52. The number of fused-ring (bicyclic) bond motifs is 1. The van der Waals surface area contributed by atoms with Crippen LogP contribution in [0.4, 0.5) is 5.82 Å². The molecule has 5 rings (SSSR count). The van der Waals surface area contributed by atoms with E-state index in [9.17, 15) is 8.42 Å². The fourth-order valence-electron chi connectivity index (χ4n) is 4.24. The number of sulfonamides is 1. The summed E-state index contributed by atoms with van der Waals surface area (Å²) in [6, 6.07) is 17.5. The molecule has 0 atom stereocenters. The summed E-state index contributed by atoms with van der Waals surface area (Å²) in [4.78, 5) is 12.6. The lowest BCUT2D eigenvalue weighted by molar-refractivity contribution is 0.384. The lowest BCUT2D eigenvalue weighted by atomic mass is 10.0. The van der Waals surface area contributed by atoms with E-state index in [0.717, 1.165) is 32.7 Å². The van der Waals surface area contributed by atoms with Gasteiger partial charge in [0.05, 0.1) is 10.3 Å². The predicted octanol–water partition coefficient (Wildman–Crippen LogP) is 4.99. The topological polar surface area (TPSA) is 66.4 Å².